The van der Waals surface area contributed by atoms with Gasteiger partial charge in [0.05, 0.1) is 6.54 Å². The molecule has 1 aliphatic carbocycles. The zero-order chi connectivity index (χ0) is 14.0. The highest BCUT2D eigenvalue weighted by Crippen LogP contribution is 2.44. The molecule has 0 radical (unpaired) electrons. The van der Waals surface area contributed by atoms with Crippen molar-refractivity contribution in [3.8, 4) is 0 Å². The van der Waals surface area contributed by atoms with Crippen molar-refractivity contribution >= 4 is 5.91 Å². The van der Waals surface area contributed by atoms with Gasteiger partial charge in [0, 0.05) is 12.1 Å². The lowest BCUT2D eigenvalue weighted by molar-refractivity contribution is -0.120. The third-order valence-corrected chi connectivity index (χ3v) is 3.71. The van der Waals surface area contributed by atoms with Crippen LogP contribution in [-0.4, -0.2) is 18.5 Å². The second kappa shape index (κ2) is 5.33. The maximum atomic E-state index is 11.8. The Kier molecular flexibility index (Phi) is 3.95. The van der Waals surface area contributed by atoms with Crippen LogP contribution < -0.4 is 10.6 Å². The first-order valence-electron chi connectivity index (χ1n) is 7.01. The average Bonchev–Trinajstić information content (AvgIpc) is 2.55. The van der Waals surface area contributed by atoms with Gasteiger partial charge in [-0.15, -0.1) is 0 Å². The molecule has 1 amide bonds. The Labute approximate surface area is 115 Å². The highest BCUT2D eigenvalue weighted by atomic mass is 16.1. The van der Waals surface area contributed by atoms with E-state index in [2.05, 4.69) is 48.7 Å². The molecule has 3 heteroatoms. The average molecular weight is 260 g/mol. The fraction of sp³-hybridized carbons (Fsp3) is 0.562. The number of hydrogen-bond donors (Lipinski definition) is 2. The molecule has 2 N–H and O–H groups in total. The number of carbonyl (C=O) groups is 1. The molecule has 0 spiro atoms. The van der Waals surface area contributed by atoms with Gasteiger partial charge in [0.25, 0.3) is 0 Å². The Morgan fingerprint density at radius 1 is 1.37 bits per heavy atom. The van der Waals surface area contributed by atoms with Crippen molar-refractivity contribution in [3.05, 3.63) is 35.4 Å². The number of benzene rings is 1. The Balaban J connectivity index is 2.05. The van der Waals surface area contributed by atoms with E-state index >= 15 is 0 Å². The first-order chi connectivity index (χ1) is 8.90. The highest BCUT2D eigenvalue weighted by molar-refractivity contribution is 5.78. The summed E-state index contributed by atoms with van der Waals surface area (Å²) in [5, 5.41) is 6.34. The quantitative estimate of drug-likeness (QED) is 0.873. The van der Waals surface area contributed by atoms with E-state index < -0.39 is 0 Å². The van der Waals surface area contributed by atoms with Gasteiger partial charge in [-0.2, -0.15) is 0 Å². The normalized spacial score (nSPS) is 20.4. The number of carbonyl (C=O) groups excluding carboxylic acids is 1. The second-order valence-corrected chi connectivity index (χ2v) is 6.40. The number of nitrogens with one attached hydrogen (secondary N) is 2. The van der Waals surface area contributed by atoms with Crippen molar-refractivity contribution in [2.24, 2.45) is 5.41 Å². The maximum Gasteiger partial charge on any atom is 0.234 e. The third kappa shape index (κ3) is 3.16. The van der Waals surface area contributed by atoms with E-state index in [9.17, 15) is 4.79 Å². The first-order valence-corrected chi connectivity index (χ1v) is 7.01. The van der Waals surface area contributed by atoms with Crippen LogP contribution in [0.5, 0.6) is 0 Å². The zero-order valence-electron chi connectivity index (χ0n) is 12.3. The number of fused-ring (bicyclic) bond motifs is 1. The summed E-state index contributed by atoms with van der Waals surface area (Å²) >= 11 is 0. The molecule has 1 aromatic rings. The highest BCUT2D eigenvalue weighted by Gasteiger charge is 2.38. The summed E-state index contributed by atoms with van der Waals surface area (Å²) in [5.74, 6) is 0.0650. The summed E-state index contributed by atoms with van der Waals surface area (Å²) in [4.78, 5) is 11.8. The SMILES string of the molecule is CC(C)NC(=O)CNC1c2ccccc2CC1(C)C. The van der Waals surface area contributed by atoms with Crippen LogP contribution in [-0.2, 0) is 11.2 Å². The minimum absolute atomic E-state index is 0.0650. The van der Waals surface area contributed by atoms with Crippen LogP contribution in [0.1, 0.15) is 44.9 Å². The van der Waals surface area contributed by atoms with Crippen molar-refractivity contribution in [3.63, 3.8) is 0 Å². The number of amides is 1. The molecular formula is C16H24N2O. The van der Waals surface area contributed by atoms with Crippen molar-refractivity contribution < 1.29 is 4.79 Å². The molecule has 0 heterocycles. The smallest absolute Gasteiger partial charge is 0.234 e. The van der Waals surface area contributed by atoms with Gasteiger partial charge in [-0.05, 0) is 36.8 Å². The van der Waals surface area contributed by atoms with Gasteiger partial charge in [0.1, 0.15) is 0 Å². The Bertz CT molecular complexity index is 466. The fourth-order valence-electron chi connectivity index (χ4n) is 2.94. The van der Waals surface area contributed by atoms with Crippen LogP contribution in [0.25, 0.3) is 0 Å². The van der Waals surface area contributed by atoms with Gasteiger partial charge in [-0.1, -0.05) is 38.1 Å². The first kappa shape index (κ1) is 14.1. The van der Waals surface area contributed by atoms with Crippen LogP contribution in [0.3, 0.4) is 0 Å². The predicted molar refractivity (Wildman–Crippen MR) is 77.9 cm³/mol. The summed E-state index contributed by atoms with van der Waals surface area (Å²) in [5.41, 5.74) is 2.89. The van der Waals surface area contributed by atoms with Crippen molar-refractivity contribution in [2.45, 2.75) is 46.2 Å². The van der Waals surface area contributed by atoms with Crippen LogP contribution >= 0.6 is 0 Å². The minimum Gasteiger partial charge on any atom is -0.353 e. The van der Waals surface area contributed by atoms with Gasteiger partial charge in [0.2, 0.25) is 5.91 Å². The molecule has 3 nitrogen and oxygen atoms in total. The number of rotatable bonds is 4. The lowest BCUT2D eigenvalue weighted by Gasteiger charge is -2.28. The molecule has 1 aromatic carbocycles. The predicted octanol–water partition coefficient (Wildman–Crippen LogP) is 2.42. The molecule has 2 rings (SSSR count). The summed E-state index contributed by atoms with van der Waals surface area (Å²) in [6, 6.07) is 8.96. The molecule has 0 aliphatic heterocycles. The summed E-state index contributed by atoms with van der Waals surface area (Å²) in [6.45, 7) is 8.84. The van der Waals surface area contributed by atoms with E-state index in [1.54, 1.807) is 0 Å². The molecule has 0 bridgehead atoms. The van der Waals surface area contributed by atoms with Crippen molar-refractivity contribution in [1.82, 2.24) is 10.6 Å². The van der Waals surface area contributed by atoms with Crippen LogP contribution in [0, 0.1) is 5.41 Å². The minimum atomic E-state index is 0.0650. The van der Waals surface area contributed by atoms with Crippen LogP contribution in [0.2, 0.25) is 0 Å². The molecular weight excluding hydrogens is 236 g/mol. The van der Waals surface area contributed by atoms with Gasteiger partial charge >= 0.3 is 0 Å². The van der Waals surface area contributed by atoms with E-state index in [1.807, 2.05) is 13.8 Å². The van der Waals surface area contributed by atoms with Gasteiger partial charge in [-0.25, -0.2) is 0 Å². The Morgan fingerprint density at radius 2 is 2.05 bits per heavy atom. The lowest BCUT2D eigenvalue weighted by Crippen LogP contribution is -2.41. The van der Waals surface area contributed by atoms with Gasteiger partial charge in [0.15, 0.2) is 0 Å². The van der Waals surface area contributed by atoms with E-state index in [0.717, 1.165) is 6.42 Å². The van der Waals surface area contributed by atoms with Crippen molar-refractivity contribution in [2.75, 3.05) is 6.54 Å². The fourth-order valence-corrected chi connectivity index (χ4v) is 2.94. The number of hydrogen-bond acceptors (Lipinski definition) is 2. The molecule has 19 heavy (non-hydrogen) atoms. The zero-order valence-corrected chi connectivity index (χ0v) is 12.3. The summed E-state index contributed by atoms with van der Waals surface area (Å²) in [6.07, 6.45) is 1.06. The Morgan fingerprint density at radius 3 is 2.74 bits per heavy atom. The van der Waals surface area contributed by atoms with Crippen LogP contribution in [0.15, 0.2) is 24.3 Å². The largest absolute Gasteiger partial charge is 0.353 e. The lowest BCUT2D eigenvalue weighted by atomic mass is 9.85. The van der Waals surface area contributed by atoms with E-state index in [4.69, 9.17) is 0 Å². The standard InChI is InChI=1S/C16H24N2O/c1-11(2)18-14(19)10-17-15-13-8-6-5-7-12(13)9-16(15,3)4/h5-8,11,15,17H,9-10H2,1-4H3,(H,18,19). The van der Waals surface area contributed by atoms with E-state index in [0.29, 0.717) is 6.54 Å². The maximum absolute atomic E-state index is 11.8. The Hall–Kier alpha value is -1.35. The molecule has 0 saturated carbocycles. The summed E-state index contributed by atoms with van der Waals surface area (Å²) < 4.78 is 0. The molecule has 0 aromatic heterocycles. The van der Waals surface area contributed by atoms with Crippen LogP contribution in [0.4, 0.5) is 0 Å². The van der Waals surface area contributed by atoms with Gasteiger partial charge < -0.3 is 10.6 Å². The second-order valence-electron chi connectivity index (χ2n) is 6.40. The van der Waals surface area contributed by atoms with E-state index in [1.165, 1.54) is 11.1 Å². The monoisotopic (exact) mass is 260 g/mol. The third-order valence-electron chi connectivity index (χ3n) is 3.71. The molecule has 0 saturated heterocycles. The topological polar surface area (TPSA) is 41.1 Å². The molecule has 0 fully saturated rings. The molecule has 1 unspecified atom stereocenters. The van der Waals surface area contributed by atoms with E-state index in [-0.39, 0.29) is 23.4 Å². The molecule has 104 valence electrons. The summed E-state index contributed by atoms with van der Waals surface area (Å²) in [7, 11) is 0. The van der Waals surface area contributed by atoms with Gasteiger partial charge in [-0.3, -0.25) is 4.79 Å². The van der Waals surface area contributed by atoms with Crippen molar-refractivity contribution in [1.29, 1.82) is 0 Å². The molecule has 1 atom stereocenters. The molecule has 1 aliphatic rings.